The molecule has 1 N–H and O–H groups in total. The van der Waals surface area contributed by atoms with Crippen molar-refractivity contribution in [3.05, 3.63) is 23.3 Å². The second-order valence-corrected chi connectivity index (χ2v) is 4.48. The molecule has 18 heavy (non-hydrogen) atoms. The van der Waals surface area contributed by atoms with Gasteiger partial charge >= 0.3 is 0 Å². The number of aryl methyl sites for hydroxylation is 1. The average molecular weight is 249 g/mol. The summed E-state index contributed by atoms with van der Waals surface area (Å²) in [5, 5.41) is 3.31. The van der Waals surface area contributed by atoms with Gasteiger partial charge in [-0.05, 0) is 31.0 Å². The second-order valence-electron chi connectivity index (χ2n) is 4.48. The molecule has 0 unspecified atom stereocenters. The summed E-state index contributed by atoms with van der Waals surface area (Å²) >= 11 is 0. The van der Waals surface area contributed by atoms with E-state index in [2.05, 4.69) is 5.32 Å². The zero-order valence-electron chi connectivity index (χ0n) is 10.9. The minimum absolute atomic E-state index is 0.167. The Morgan fingerprint density at radius 2 is 2.28 bits per heavy atom. The Bertz CT molecular complexity index is 443. The van der Waals surface area contributed by atoms with Crippen LogP contribution in [-0.4, -0.2) is 32.7 Å². The molecule has 4 heteroatoms. The molecule has 1 aliphatic rings. The number of carbonyl (C=O) groups excluding carboxylic acids is 1. The van der Waals surface area contributed by atoms with Crippen molar-refractivity contribution >= 4 is 11.5 Å². The average Bonchev–Trinajstić information content (AvgIpc) is 2.36. The molecule has 0 atom stereocenters. The molecule has 1 heterocycles. The molecule has 4 nitrogen and oxygen atoms in total. The minimum Gasteiger partial charge on any atom is -0.490 e. The van der Waals surface area contributed by atoms with Gasteiger partial charge in [0.25, 0.3) is 0 Å². The lowest BCUT2D eigenvalue weighted by Gasteiger charge is -2.21. The van der Waals surface area contributed by atoms with E-state index in [1.807, 2.05) is 19.1 Å². The standard InChI is InChI=1S/C14H19NO3/c1-10-8-11-13(16)4-7-18-14(11)12(9-10)15-5-3-6-17-2/h8-9,15H,3-7H2,1-2H3. The first-order valence-electron chi connectivity index (χ1n) is 6.26. The van der Waals surface area contributed by atoms with Crippen LogP contribution in [-0.2, 0) is 4.74 Å². The van der Waals surface area contributed by atoms with Gasteiger partial charge in [0.05, 0.1) is 17.9 Å². The van der Waals surface area contributed by atoms with Gasteiger partial charge in [-0.3, -0.25) is 4.79 Å². The third-order valence-electron chi connectivity index (χ3n) is 2.95. The molecule has 0 fully saturated rings. The number of carbonyl (C=O) groups is 1. The monoisotopic (exact) mass is 249 g/mol. The number of hydrogen-bond donors (Lipinski definition) is 1. The van der Waals surface area contributed by atoms with E-state index in [1.165, 1.54) is 0 Å². The van der Waals surface area contributed by atoms with E-state index in [0.717, 1.165) is 30.8 Å². The maximum absolute atomic E-state index is 11.8. The van der Waals surface area contributed by atoms with E-state index < -0.39 is 0 Å². The molecule has 1 aliphatic heterocycles. The van der Waals surface area contributed by atoms with Gasteiger partial charge in [0.15, 0.2) is 11.5 Å². The molecular formula is C14H19NO3. The fourth-order valence-electron chi connectivity index (χ4n) is 2.09. The number of fused-ring (bicyclic) bond motifs is 1. The van der Waals surface area contributed by atoms with E-state index in [-0.39, 0.29) is 5.78 Å². The first kappa shape index (κ1) is 12.9. The molecule has 0 radical (unpaired) electrons. The molecule has 0 amide bonds. The van der Waals surface area contributed by atoms with E-state index in [1.54, 1.807) is 7.11 Å². The van der Waals surface area contributed by atoms with Crippen molar-refractivity contribution < 1.29 is 14.3 Å². The van der Waals surface area contributed by atoms with Crippen LogP contribution in [0.1, 0.15) is 28.8 Å². The minimum atomic E-state index is 0.167. The first-order chi connectivity index (χ1) is 8.72. The predicted molar refractivity (Wildman–Crippen MR) is 70.6 cm³/mol. The highest BCUT2D eigenvalue weighted by Gasteiger charge is 2.21. The van der Waals surface area contributed by atoms with E-state index >= 15 is 0 Å². The summed E-state index contributed by atoms with van der Waals surface area (Å²) in [6.45, 7) is 3.99. The molecule has 0 bridgehead atoms. The lowest BCUT2D eigenvalue weighted by Crippen LogP contribution is -2.17. The van der Waals surface area contributed by atoms with Gasteiger partial charge < -0.3 is 14.8 Å². The summed E-state index contributed by atoms with van der Waals surface area (Å²) in [7, 11) is 1.69. The van der Waals surface area contributed by atoms with Crippen LogP contribution in [0.25, 0.3) is 0 Å². The van der Waals surface area contributed by atoms with Crippen LogP contribution in [0.5, 0.6) is 5.75 Å². The summed E-state index contributed by atoms with van der Waals surface area (Å²) < 4.78 is 10.6. The van der Waals surface area contributed by atoms with Crippen molar-refractivity contribution in [2.45, 2.75) is 19.8 Å². The highest BCUT2D eigenvalue weighted by Crippen LogP contribution is 2.34. The molecule has 0 aromatic heterocycles. The number of rotatable bonds is 5. The zero-order valence-corrected chi connectivity index (χ0v) is 10.9. The van der Waals surface area contributed by atoms with Gasteiger partial charge in [0.1, 0.15) is 0 Å². The predicted octanol–water partition coefficient (Wildman–Crippen LogP) is 2.41. The van der Waals surface area contributed by atoms with Crippen molar-refractivity contribution in [2.75, 3.05) is 32.2 Å². The van der Waals surface area contributed by atoms with Crippen LogP contribution in [0.2, 0.25) is 0 Å². The van der Waals surface area contributed by atoms with E-state index in [0.29, 0.717) is 24.3 Å². The van der Waals surface area contributed by atoms with Crippen LogP contribution in [0.3, 0.4) is 0 Å². The van der Waals surface area contributed by atoms with Crippen molar-refractivity contribution in [1.82, 2.24) is 0 Å². The maximum atomic E-state index is 11.8. The molecular weight excluding hydrogens is 230 g/mol. The lowest BCUT2D eigenvalue weighted by molar-refractivity contribution is 0.0934. The summed E-state index contributed by atoms with van der Waals surface area (Å²) in [6, 6.07) is 3.92. The highest BCUT2D eigenvalue weighted by atomic mass is 16.5. The zero-order chi connectivity index (χ0) is 13.0. The third-order valence-corrected chi connectivity index (χ3v) is 2.95. The summed E-state index contributed by atoms with van der Waals surface area (Å²) in [5.41, 5.74) is 2.69. The first-order valence-corrected chi connectivity index (χ1v) is 6.26. The Balaban J connectivity index is 2.16. The summed E-state index contributed by atoms with van der Waals surface area (Å²) in [4.78, 5) is 11.8. The number of methoxy groups -OCH3 is 1. The van der Waals surface area contributed by atoms with Gasteiger partial charge in [-0.2, -0.15) is 0 Å². The van der Waals surface area contributed by atoms with Crippen LogP contribution in [0, 0.1) is 6.92 Å². The fraction of sp³-hybridized carbons (Fsp3) is 0.500. The number of ketones is 1. The van der Waals surface area contributed by atoms with Crippen molar-refractivity contribution in [3.63, 3.8) is 0 Å². The quantitative estimate of drug-likeness (QED) is 0.814. The van der Waals surface area contributed by atoms with Crippen LogP contribution in [0.15, 0.2) is 12.1 Å². The number of hydrogen-bond acceptors (Lipinski definition) is 4. The van der Waals surface area contributed by atoms with Gasteiger partial charge in [-0.25, -0.2) is 0 Å². The smallest absolute Gasteiger partial charge is 0.170 e. The maximum Gasteiger partial charge on any atom is 0.170 e. The van der Waals surface area contributed by atoms with Crippen LogP contribution >= 0.6 is 0 Å². The highest BCUT2D eigenvalue weighted by molar-refractivity contribution is 6.01. The Morgan fingerprint density at radius 3 is 3.06 bits per heavy atom. The normalized spacial score (nSPS) is 14.0. The van der Waals surface area contributed by atoms with Gasteiger partial charge in [0.2, 0.25) is 0 Å². The van der Waals surface area contributed by atoms with Gasteiger partial charge in [-0.1, -0.05) is 0 Å². The molecule has 1 aromatic carbocycles. The van der Waals surface area contributed by atoms with Crippen molar-refractivity contribution in [2.24, 2.45) is 0 Å². The van der Waals surface area contributed by atoms with Crippen molar-refractivity contribution in [3.8, 4) is 5.75 Å². The molecule has 0 saturated heterocycles. The van der Waals surface area contributed by atoms with E-state index in [4.69, 9.17) is 9.47 Å². The molecule has 0 saturated carbocycles. The van der Waals surface area contributed by atoms with Gasteiger partial charge in [0, 0.05) is 26.7 Å². The Morgan fingerprint density at radius 1 is 1.44 bits per heavy atom. The van der Waals surface area contributed by atoms with Crippen molar-refractivity contribution in [1.29, 1.82) is 0 Å². The number of anilines is 1. The second kappa shape index (κ2) is 5.87. The van der Waals surface area contributed by atoms with Crippen LogP contribution in [0.4, 0.5) is 5.69 Å². The molecule has 0 aliphatic carbocycles. The third kappa shape index (κ3) is 2.82. The molecule has 0 spiro atoms. The van der Waals surface area contributed by atoms with E-state index in [9.17, 15) is 4.79 Å². The SMILES string of the molecule is COCCCNc1cc(C)cc2c1OCCC2=O. The van der Waals surface area contributed by atoms with Crippen LogP contribution < -0.4 is 10.1 Å². The number of nitrogens with one attached hydrogen (secondary N) is 1. The fourth-order valence-corrected chi connectivity index (χ4v) is 2.09. The largest absolute Gasteiger partial charge is 0.490 e. The Hall–Kier alpha value is -1.55. The number of benzene rings is 1. The lowest BCUT2D eigenvalue weighted by atomic mass is 10.0. The summed E-state index contributed by atoms with van der Waals surface area (Å²) in [5.74, 6) is 0.870. The summed E-state index contributed by atoms with van der Waals surface area (Å²) in [6.07, 6.45) is 1.40. The molecule has 1 aromatic rings. The molecule has 98 valence electrons. The topological polar surface area (TPSA) is 47.6 Å². The van der Waals surface area contributed by atoms with Gasteiger partial charge in [-0.15, -0.1) is 0 Å². The number of ether oxygens (including phenoxy) is 2. The molecule has 2 rings (SSSR count). The Labute approximate surface area is 107 Å². The Kier molecular flexibility index (Phi) is 4.20. The number of Topliss-reactive ketones (excluding diaryl/α,β-unsaturated/α-hetero) is 1.